The number of aliphatic carboxylic acids is 1. The summed E-state index contributed by atoms with van der Waals surface area (Å²) in [6.45, 7) is 2.65. The van der Waals surface area contributed by atoms with E-state index in [1.165, 1.54) is 4.88 Å². The van der Waals surface area contributed by atoms with E-state index >= 15 is 0 Å². The van der Waals surface area contributed by atoms with Crippen LogP contribution in [0.2, 0.25) is 0 Å². The number of ether oxygens (including phenoxy) is 1. The van der Waals surface area contributed by atoms with Gasteiger partial charge in [-0.2, -0.15) is 13.2 Å². The third-order valence-electron chi connectivity index (χ3n) is 3.96. The van der Waals surface area contributed by atoms with Gasteiger partial charge >= 0.3 is 12.1 Å². The van der Waals surface area contributed by atoms with Crippen molar-refractivity contribution in [2.24, 2.45) is 5.73 Å². The summed E-state index contributed by atoms with van der Waals surface area (Å²) < 4.78 is 37.8. The number of hydrogen-bond acceptors (Lipinski definition) is 5. The molecule has 3 heterocycles. The molecule has 3 rings (SSSR count). The highest BCUT2D eigenvalue weighted by Crippen LogP contribution is 2.44. The van der Waals surface area contributed by atoms with E-state index < -0.39 is 12.1 Å². The maximum Gasteiger partial charge on any atom is 0.490 e. The number of hydrogen-bond donors (Lipinski definition) is 3. The third kappa shape index (κ3) is 3.87. The lowest BCUT2D eigenvalue weighted by molar-refractivity contribution is -0.192. The molecule has 24 heavy (non-hydrogen) atoms. The first-order chi connectivity index (χ1) is 11.2. The monoisotopic (exact) mass is 366 g/mol. The number of halogens is 3. The number of primary amides is 1. The van der Waals surface area contributed by atoms with Crippen LogP contribution in [0.3, 0.4) is 0 Å². The number of alkyl halides is 3. The fourth-order valence-electron chi connectivity index (χ4n) is 2.84. The molecule has 10 heteroatoms. The van der Waals surface area contributed by atoms with Crippen LogP contribution in [0.5, 0.6) is 0 Å². The van der Waals surface area contributed by atoms with Crippen LogP contribution in [0.25, 0.3) is 0 Å². The van der Waals surface area contributed by atoms with E-state index in [1.54, 1.807) is 11.3 Å². The predicted octanol–water partition coefficient (Wildman–Crippen LogP) is 1.63. The minimum atomic E-state index is -5.08. The molecule has 4 N–H and O–H groups in total. The van der Waals surface area contributed by atoms with Crippen LogP contribution in [0, 0.1) is 0 Å². The van der Waals surface area contributed by atoms with Crippen LogP contribution in [-0.4, -0.2) is 42.9 Å². The second-order valence-electron chi connectivity index (χ2n) is 5.47. The van der Waals surface area contributed by atoms with E-state index in [0.29, 0.717) is 12.2 Å². The van der Waals surface area contributed by atoms with Crippen LogP contribution in [0.4, 0.5) is 13.2 Å². The SMILES string of the molecule is NC(=O)c1csc2c1CCOC21CCNCC1.O=C(O)C(F)(F)F. The molecule has 0 atom stereocenters. The molecule has 6 nitrogen and oxygen atoms in total. The minimum absolute atomic E-state index is 0.156. The number of carboxylic acid groups (broad SMARTS) is 1. The molecule has 1 spiro atoms. The summed E-state index contributed by atoms with van der Waals surface area (Å²) in [4.78, 5) is 21.5. The van der Waals surface area contributed by atoms with E-state index in [9.17, 15) is 18.0 Å². The molecule has 0 aromatic carbocycles. The van der Waals surface area contributed by atoms with Crippen molar-refractivity contribution >= 4 is 23.2 Å². The molecule has 0 aliphatic carbocycles. The first-order valence-electron chi connectivity index (χ1n) is 7.23. The zero-order chi connectivity index (χ0) is 18.0. The number of nitrogens with two attached hydrogens (primary N) is 1. The summed E-state index contributed by atoms with van der Waals surface area (Å²) in [5.41, 5.74) is 7.09. The number of amides is 1. The smallest absolute Gasteiger partial charge is 0.475 e. The van der Waals surface area contributed by atoms with E-state index in [0.717, 1.165) is 37.9 Å². The van der Waals surface area contributed by atoms with E-state index in [1.807, 2.05) is 5.38 Å². The minimum Gasteiger partial charge on any atom is -0.475 e. The first-order valence-corrected chi connectivity index (χ1v) is 8.11. The fraction of sp³-hybridized carbons (Fsp3) is 0.571. The van der Waals surface area contributed by atoms with Crippen LogP contribution >= 0.6 is 11.3 Å². The van der Waals surface area contributed by atoms with Crippen LogP contribution in [0.1, 0.15) is 33.6 Å². The topological polar surface area (TPSA) is 102 Å². The second kappa shape index (κ2) is 7.08. The van der Waals surface area contributed by atoms with Crippen LogP contribution in [0.15, 0.2) is 5.38 Å². The predicted molar refractivity (Wildman–Crippen MR) is 80.0 cm³/mol. The number of carboxylic acids is 1. The number of fused-ring (bicyclic) bond motifs is 2. The highest BCUT2D eigenvalue weighted by atomic mass is 32.1. The highest BCUT2D eigenvalue weighted by Gasteiger charge is 2.41. The third-order valence-corrected chi connectivity index (χ3v) is 5.16. The quantitative estimate of drug-likeness (QED) is 0.701. The number of nitrogens with one attached hydrogen (secondary N) is 1. The molecule has 134 valence electrons. The lowest BCUT2D eigenvalue weighted by atomic mass is 9.85. The Morgan fingerprint density at radius 2 is 1.92 bits per heavy atom. The summed E-state index contributed by atoms with van der Waals surface area (Å²) in [7, 11) is 0. The Morgan fingerprint density at radius 1 is 1.33 bits per heavy atom. The van der Waals surface area contributed by atoms with Crippen molar-refractivity contribution in [3.05, 3.63) is 21.4 Å². The van der Waals surface area contributed by atoms with Gasteiger partial charge < -0.3 is 20.9 Å². The van der Waals surface area contributed by atoms with Gasteiger partial charge in [0.05, 0.1) is 12.2 Å². The summed E-state index contributed by atoms with van der Waals surface area (Å²) >= 11 is 1.63. The molecule has 0 unspecified atom stereocenters. The molecule has 1 aromatic heterocycles. The van der Waals surface area contributed by atoms with Gasteiger partial charge in [-0.05, 0) is 37.9 Å². The molecule has 0 radical (unpaired) electrons. The molecule has 0 saturated carbocycles. The van der Waals surface area contributed by atoms with Crippen molar-refractivity contribution in [1.29, 1.82) is 0 Å². The fourth-order valence-corrected chi connectivity index (χ4v) is 4.16. The van der Waals surface area contributed by atoms with Gasteiger partial charge in [-0.15, -0.1) is 11.3 Å². The molecular formula is C14H17F3N2O4S. The molecule has 0 bridgehead atoms. The number of piperidine rings is 1. The van der Waals surface area contributed by atoms with Crippen molar-refractivity contribution in [1.82, 2.24) is 5.32 Å². The Labute approximate surface area is 139 Å². The lowest BCUT2D eigenvalue weighted by Gasteiger charge is -2.40. The van der Waals surface area contributed by atoms with Crippen LogP contribution in [-0.2, 0) is 21.6 Å². The Hall–Kier alpha value is -1.65. The van der Waals surface area contributed by atoms with Gasteiger partial charge in [-0.3, -0.25) is 4.79 Å². The largest absolute Gasteiger partial charge is 0.490 e. The summed E-state index contributed by atoms with van der Waals surface area (Å²) in [5.74, 6) is -3.07. The average molecular weight is 366 g/mol. The van der Waals surface area contributed by atoms with Crippen LogP contribution < -0.4 is 11.1 Å². The van der Waals surface area contributed by atoms with Gasteiger partial charge in [-0.1, -0.05) is 0 Å². The Morgan fingerprint density at radius 3 is 2.42 bits per heavy atom. The number of rotatable bonds is 1. The molecule has 1 amide bonds. The van der Waals surface area contributed by atoms with Gasteiger partial charge in [-0.25, -0.2) is 4.79 Å². The average Bonchev–Trinajstić information content (AvgIpc) is 2.94. The normalized spacial score (nSPS) is 19.1. The number of thiophene rings is 1. The molecule has 2 aliphatic rings. The van der Waals surface area contributed by atoms with Gasteiger partial charge in [0.15, 0.2) is 0 Å². The summed E-state index contributed by atoms with van der Waals surface area (Å²) in [6, 6.07) is 0. The van der Waals surface area contributed by atoms with Crippen molar-refractivity contribution in [2.45, 2.75) is 31.0 Å². The highest BCUT2D eigenvalue weighted by molar-refractivity contribution is 7.10. The van der Waals surface area contributed by atoms with Gasteiger partial charge in [0.2, 0.25) is 5.91 Å². The van der Waals surface area contributed by atoms with Gasteiger partial charge in [0.1, 0.15) is 5.60 Å². The Kier molecular flexibility index (Phi) is 5.51. The van der Waals surface area contributed by atoms with Crippen molar-refractivity contribution in [2.75, 3.05) is 19.7 Å². The van der Waals surface area contributed by atoms with Gasteiger partial charge in [0.25, 0.3) is 0 Å². The number of carbonyl (C=O) groups is 2. The zero-order valence-corrected chi connectivity index (χ0v) is 13.4. The molecule has 1 aromatic rings. The summed E-state index contributed by atoms with van der Waals surface area (Å²) in [6.07, 6.45) is -2.30. The molecule has 2 aliphatic heterocycles. The maximum atomic E-state index is 11.4. The van der Waals surface area contributed by atoms with Crippen molar-refractivity contribution in [3.8, 4) is 0 Å². The molecule has 1 saturated heterocycles. The Balaban J connectivity index is 0.000000256. The zero-order valence-electron chi connectivity index (χ0n) is 12.6. The maximum absolute atomic E-state index is 11.4. The first kappa shape index (κ1) is 18.7. The van der Waals surface area contributed by atoms with Crippen molar-refractivity contribution in [3.63, 3.8) is 0 Å². The van der Waals surface area contributed by atoms with E-state index in [2.05, 4.69) is 5.32 Å². The standard InChI is InChI=1S/C12H16N2O2S.C2HF3O2/c13-11(15)9-7-17-10-8(9)1-6-16-12(10)2-4-14-5-3-12;3-2(4,5)1(6)7/h7,14H,1-6H2,(H2,13,15);(H,6,7). The molecule has 1 fully saturated rings. The van der Waals surface area contributed by atoms with E-state index in [4.69, 9.17) is 20.4 Å². The van der Waals surface area contributed by atoms with E-state index in [-0.39, 0.29) is 11.5 Å². The number of carbonyl (C=O) groups excluding carboxylic acids is 1. The molecular weight excluding hydrogens is 349 g/mol. The van der Waals surface area contributed by atoms with Crippen molar-refractivity contribution < 1.29 is 32.6 Å². The second-order valence-corrected chi connectivity index (χ2v) is 6.35. The summed E-state index contributed by atoms with van der Waals surface area (Å²) in [5, 5.41) is 12.4. The lowest BCUT2D eigenvalue weighted by Crippen LogP contribution is -2.44. The Bertz CT molecular complexity index is 624. The van der Waals surface area contributed by atoms with Gasteiger partial charge in [0, 0.05) is 10.3 Å².